The van der Waals surface area contributed by atoms with Gasteiger partial charge in [-0.15, -0.1) is 23.1 Å². The summed E-state index contributed by atoms with van der Waals surface area (Å²) in [6.45, 7) is 0. The minimum Gasteiger partial charge on any atom is -0.321 e. The van der Waals surface area contributed by atoms with E-state index < -0.39 is 0 Å². The number of nitrogens with one attached hydrogen (secondary N) is 2. The molecule has 4 nitrogen and oxygen atoms in total. The molecular formula is C21H18N2O2S2. The Kier molecular flexibility index (Phi) is 6.46. The molecule has 2 aromatic carbocycles. The van der Waals surface area contributed by atoms with Crippen molar-refractivity contribution in [2.24, 2.45) is 0 Å². The van der Waals surface area contributed by atoms with Crippen LogP contribution in [0.15, 0.2) is 82.7 Å². The first-order chi connectivity index (χ1) is 13.2. The summed E-state index contributed by atoms with van der Waals surface area (Å²) in [7, 11) is 0. The lowest BCUT2D eigenvalue weighted by Crippen LogP contribution is -2.30. The van der Waals surface area contributed by atoms with Gasteiger partial charge in [-0.25, -0.2) is 0 Å². The zero-order chi connectivity index (χ0) is 19.1. The fourth-order valence-electron chi connectivity index (χ4n) is 2.33. The van der Waals surface area contributed by atoms with Gasteiger partial charge < -0.3 is 10.6 Å². The van der Waals surface area contributed by atoms with Crippen LogP contribution >= 0.6 is 23.1 Å². The third kappa shape index (κ3) is 5.32. The molecule has 0 bridgehead atoms. The minimum atomic E-state index is -0.371. The lowest BCUT2D eigenvalue weighted by molar-refractivity contribution is -0.113. The Balaban J connectivity index is 1.80. The quantitative estimate of drug-likeness (QED) is 0.463. The molecule has 0 radical (unpaired) electrons. The van der Waals surface area contributed by atoms with Crippen LogP contribution in [-0.2, 0) is 4.79 Å². The molecule has 27 heavy (non-hydrogen) atoms. The first-order valence-corrected chi connectivity index (χ1v) is 10.3. The van der Waals surface area contributed by atoms with Gasteiger partial charge in [-0.1, -0.05) is 24.3 Å². The highest BCUT2D eigenvalue weighted by Gasteiger charge is 2.15. The van der Waals surface area contributed by atoms with Crippen LogP contribution < -0.4 is 10.6 Å². The molecule has 0 spiro atoms. The zero-order valence-electron chi connectivity index (χ0n) is 14.6. The molecular weight excluding hydrogens is 376 g/mol. The number of carbonyl (C=O) groups excluding carboxylic acids is 2. The maximum absolute atomic E-state index is 12.8. The molecule has 6 heteroatoms. The van der Waals surface area contributed by atoms with Crippen molar-refractivity contribution in [3.8, 4) is 0 Å². The smallest absolute Gasteiger partial charge is 0.272 e. The van der Waals surface area contributed by atoms with Crippen molar-refractivity contribution in [1.29, 1.82) is 0 Å². The molecule has 2 amide bonds. The van der Waals surface area contributed by atoms with Gasteiger partial charge in [-0.05, 0) is 60.2 Å². The van der Waals surface area contributed by atoms with Gasteiger partial charge in [0.1, 0.15) is 5.70 Å². The molecule has 2 N–H and O–H groups in total. The molecule has 0 unspecified atom stereocenters. The first kappa shape index (κ1) is 18.9. The Morgan fingerprint density at radius 2 is 1.70 bits per heavy atom. The number of rotatable bonds is 6. The number of hydrogen-bond acceptors (Lipinski definition) is 4. The predicted octanol–water partition coefficient (Wildman–Crippen LogP) is 4.88. The topological polar surface area (TPSA) is 58.2 Å². The van der Waals surface area contributed by atoms with Crippen LogP contribution in [0.5, 0.6) is 0 Å². The largest absolute Gasteiger partial charge is 0.321 e. The monoisotopic (exact) mass is 394 g/mol. The summed E-state index contributed by atoms with van der Waals surface area (Å²) in [5, 5.41) is 7.48. The molecule has 0 aliphatic rings. The second-order valence-electron chi connectivity index (χ2n) is 5.58. The fraction of sp³-hybridized carbons (Fsp3) is 0.0476. The molecule has 1 aromatic heterocycles. The van der Waals surface area contributed by atoms with Crippen LogP contribution in [0.2, 0.25) is 0 Å². The highest BCUT2D eigenvalue weighted by atomic mass is 32.2. The number of benzene rings is 2. The van der Waals surface area contributed by atoms with Gasteiger partial charge in [0.25, 0.3) is 11.8 Å². The molecule has 0 saturated heterocycles. The zero-order valence-corrected chi connectivity index (χ0v) is 16.3. The van der Waals surface area contributed by atoms with Gasteiger partial charge in [0, 0.05) is 21.0 Å². The number of thioether (sulfide) groups is 1. The van der Waals surface area contributed by atoms with Crippen LogP contribution in [-0.4, -0.2) is 18.1 Å². The predicted molar refractivity (Wildman–Crippen MR) is 113 cm³/mol. The van der Waals surface area contributed by atoms with E-state index in [1.165, 1.54) is 11.3 Å². The van der Waals surface area contributed by atoms with Crippen LogP contribution in [0.1, 0.15) is 15.2 Å². The van der Waals surface area contributed by atoms with E-state index in [-0.39, 0.29) is 17.5 Å². The fourth-order valence-corrected chi connectivity index (χ4v) is 3.40. The third-order valence-corrected chi connectivity index (χ3v) is 5.27. The molecule has 0 saturated carbocycles. The molecule has 0 fully saturated rings. The van der Waals surface area contributed by atoms with Gasteiger partial charge in [-0.2, -0.15) is 0 Å². The van der Waals surface area contributed by atoms with E-state index in [4.69, 9.17) is 0 Å². The van der Waals surface area contributed by atoms with E-state index >= 15 is 0 Å². The van der Waals surface area contributed by atoms with Crippen molar-refractivity contribution < 1.29 is 9.59 Å². The molecule has 136 valence electrons. The number of carbonyl (C=O) groups is 2. The van der Waals surface area contributed by atoms with E-state index in [2.05, 4.69) is 10.6 Å². The first-order valence-electron chi connectivity index (χ1n) is 8.23. The maximum Gasteiger partial charge on any atom is 0.272 e. The SMILES string of the molecule is CSc1ccc(NC(=O)/C(=C/c2cccs2)NC(=O)c2ccccc2)cc1. The molecule has 0 atom stereocenters. The van der Waals surface area contributed by atoms with Gasteiger partial charge in [0.2, 0.25) is 0 Å². The average molecular weight is 395 g/mol. The Bertz CT molecular complexity index is 934. The average Bonchev–Trinajstić information content (AvgIpc) is 3.22. The molecule has 0 aliphatic heterocycles. The summed E-state index contributed by atoms with van der Waals surface area (Å²) in [6, 6.07) is 20.1. The van der Waals surface area contributed by atoms with E-state index in [1.807, 2.05) is 54.1 Å². The van der Waals surface area contributed by atoms with Crippen LogP contribution in [0.25, 0.3) is 6.08 Å². The van der Waals surface area contributed by atoms with Crippen molar-refractivity contribution in [2.45, 2.75) is 4.90 Å². The highest BCUT2D eigenvalue weighted by Crippen LogP contribution is 2.19. The van der Waals surface area contributed by atoms with E-state index in [1.54, 1.807) is 42.1 Å². The van der Waals surface area contributed by atoms with Gasteiger partial charge in [0.05, 0.1) is 0 Å². The molecule has 3 rings (SSSR count). The second kappa shape index (κ2) is 9.21. The molecule has 1 heterocycles. The van der Waals surface area contributed by atoms with Gasteiger partial charge >= 0.3 is 0 Å². The van der Waals surface area contributed by atoms with Crippen molar-refractivity contribution in [2.75, 3.05) is 11.6 Å². The Hall–Kier alpha value is -2.83. The number of anilines is 1. The lowest BCUT2D eigenvalue weighted by Gasteiger charge is -2.11. The van der Waals surface area contributed by atoms with Crippen LogP contribution in [0, 0.1) is 0 Å². The normalized spacial score (nSPS) is 11.1. The lowest BCUT2D eigenvalue weighted by atomic mass is 10.2. The van der Waals surface area contributed by atoms with Gasteiger partial charge in [0.15, 0.2) is 0 Å². The summed E-state index contributed by atoms with van der Waals surface area (Å²) in [4.78, 5) is 27.2. The number of amides is 2. The summed E-state index contributed by atoms with van der Waals surface area (Å²) < 4.78 is 0. The summed E-state index contributed by atoms with van der Waals surface area (Å²) in [6.07, 6.45) is 3.67. The minimum absolute atomic E-state index is 0.195. The van der Waals surface area contributed by atoms with Crippen LogP contribution in [0.3, 0.4) is 0 Å². The Morgan fingerprint density at radius 1 is 0.963 bits per heavy atom. The van der Waals surface area contributed by atoms with Crippen molar-refractivity contribution in [3.63, 3.8) is 0 Å². The highest BCUT2D eigenvalue weighted by molar-refractivity contribution is 7.98. The van der Waals surface area contributed by atoms with E-state index in [0.29, 0.717) is 11.3 Å². The second-order valence-corrected chi connectivity index (χ2v) is 7.44. The van der Waals surface area contributed by atoms with E-state index in [0.717, 1.165) is 9.77 Å². The summed E-state index contributed by atoms with van der Waals surface area (Å²) in [5.74, 6) is -0.698. The maximum atomic E-state index is 12.8. The Morgan fingerprint density at radius 3 is 2.33 bits per heavy atom. The van der Waals surface area contributed by atoms with Gasteiger partial charge in [-0.3, -0.25) is 9.59 Å². The summed E-state index contributed by atoms with van der Waals surface area (Å²) >= 11 is 3.12. The molecule has 0 aliphatic carbocycles. The Labute approximate surface area is 166 Å². The number of hydrogen-bond donors (Lipinski definition) is 2. The third-order valence-electron chi connectivity index (χ3n) is 3.71. The van der Waals surface area contributed by atoms with Crippen LogP contribution in [0.4, 0.5) is 5.69 Å². The van der Waals surface area contributed by atoms with Crippen molar-refractivity contribution in [1.82, 2.24) is 5.32 Å². The standard InChI is InChI=1S/C21H18N2O2S2/c1-26-17-11-9-16(10-12-17)22-21(25)19(14-18-8-5-13-27-18)23-20(24)15-6-3-2-4-7-15/h2-14H,1H3,(H,22,25)(H,23,24)/b19-14-. The van der Waals surface area contributed by atoms with E-state index in [9.17, 15) is 9.59 Å². The van der Waals surface area contributed by atoms with Crippen molar-refractivity contribution in [3.05, 3.63) is 88.2 Å². The van der Waals surface area contributed by atoms with Crippen molar-refractivity contribution >= 4 is 46.7 Å². The summed E-state index contributed by atoms with van der Waals surface area (Å²) in [5.41, 5.74) is 1.36. The molecule has 3 aromatic rings. The number of thiophene rings is 1.